The molecular formula is C13H23N3. The standard InChI is InChI=1S/C13H23N3/c1-13(2,3)14-8-11-9-15-16(10-11)12-6-4-5-7-12/h9-10,12,14H,4-8H2,1-3H3. The number of aromatic nitrogens is 2. The third-order valence-electron chi connectivity index (χ3n) is 3.18. The molecule has 1 heterocycles. The molecule has 0 radical (unpaired) electrons. The number of nitrogens with zero attached hydrogens (tertiary/aromatic N) is 2. The van der Waals surface area contributed by atoms with Crippen LogP contribution >= 0.6 is 0 Å². The lowest BCUT2D eigenvalue weighted by molar-refractivity contribution is 0.423. The van der Waals surface area contributed by atoms with Crippen molar-refractivity contribution in [1.82, 2.24) is 15.1 Å². The second kappa shape index (κ2) is 4.58. The molecule has 1 aromatic heterocycles. The van der Waals surface area contributed by atoms with E-state index < -0.39 is 0 Å². The second-order valence-corrected chi connectivity index (χ2v) is 5.87. The zero-order valence-electron chi connectivity index (χ0n) is 10.7. The minimum atomic E-state index is 0.176. The molecule has 90 valence electrons. The van der Waals surface area contributed by atoms with Gasteiger partial charge in [0.15, 0.2) is 0 Å². The highest BCUT2D eigenvalue weighted by atomic mass is 15.3. The van der Waals surface area contributed by atoms with Crippen LogP contribution in [0.1, 0.15) is 58.1 Å². The molecule has 1 aliphatic rings. The van der Waals surface area contributed by atoms with Gasteiger partial charge in [0.05, 0.1) is 12.2 Å². The SMILES string of the molecule is CC(C)(C)NCc1cnn(C2CCCC2)c1. The monoisotopic (exact) mass is 221 g/mol. The van der Waals surface area contributed by atoms with Crippen LogP contribution < -0.4 is 5.32 Å². The van der Waals surface area contributed by atoms with E-state index in [2.05, 4.69) is 42.1 Å². The maximum Gasteiger partial charge on any atom is 0.0534 e. The second-order valence-electron chi connectivity index (χ2n) is 5.87. The minimum Gasteiger partial charge on any atom is -0.308 e. The Morgan fingerprint density at radius 2 is 2.06 bits per heavy atom. The Balaban J connectivity index is 1.91. The maximum atomic E-state index is 4.48. The molecule has 1 aliphatic carbocycles. The number of hydrogen-bond donors (Lipinski definition) is 1. The quantitative estimate of drug-likeness (QED) is 0.850. The molecule has 1 saturated carbocycles. The highest BCUT2D eigenvalue weighted by Crippen LogP contribution is 2.28. The summed E-state index contributed by atoms with van der Waals surface area (Å²) >= 11 is 0. The van der Waals surface area contributed by atoms with Crippen LogP contribution in [0.15, 0.2) is 12.4 Å². The topological polar surface area (TPSA) is 29.9 Å². The Kier molecular flexibility index (Phi) is 3.33. The molecule has 1 N–H and O–H groups in total. The van der Waals surface area contributed by atoms with Crippen molar-refractivity contribution in [1.29, 1.82) is 0 Å². The van der Waals surface area contributed by atoms with Crippen molar-refractivity contribution in [3.05, 3.63) is 18.0 Å². The van der Waals surface area contributed by atoms with Gasteiger partial charge in [0.25, 0.3) is 0 Å². The van der Waals surface area contributed by atoms with Crippen LogP contribution in [-0.4, -0.2) is 15.3 Å². The van der Waals surface area contributed by atoms with Gasteiger partial charge in [-0.05, 0) is 33.6 Å². The van der Waals surface area contributed by atoms with Gasteiger partial charge >= 0.3 is 0 Å². The number of rotatable bonds is 3. The molecule has 0 aromatic carbocycles. The lowest BCUT2D eigenvalue weighted by atomic mass is 10.1. The highest BCUT2D eigenvalue weighted by Gasteiger charge is 2.17. The smallest absolute Gasteiger partial charge is 0.0534 e. The summed E-state index contributed by atoms with van der Waals surface area (Å²) in [7, 11) is 0. The van der Waals surface area contributed by atoms with Crippen LogP contribution in [0.5, 0.6) is 0 Å². The van der Waals surface area contributed by atoms with Gasteiger partial charge in [-0.3, -0.25) is 4.68 Å². The zero-order chi connectivity index (χ0) is 11.6. The maximum absolute atomic E-state index is 4.48. The molecule has 0 atom stereocenters. The molecule has 16 heavy (non-hydrogen) atoms. The van der Waals surface area contributed by atoms with Crippen LogP contribution in [-0.2, 0) is 6.54 Å². The summed E-state index contributed by atoms with van der Waals surface area (Å²) < 4.78 is 2.16. The van der Waals surface area contributed by atoms with Crippen LogP contribution in [0, 0.1) is 0 Å². The fourth-order valence-electron chi connectivity index (χ4n) is 2.20. The lowest BCUT2D eigenvalue weighted by Crippen LogP contribution is -2.34. The van der Waals surface area contributed by atoms with Gasteiger partial charge in [-0.1, -0.05) is 12.8 Å². The summed E-state index contributed by atoms with van der Waals surface area (Å²) in [5, 5.41) is 7.96. The summed E-state index contributed by atoms with van der Waals surface area (Å²) in [6.45, 7) is 7.48. The molecule has 3 heteroatoms. The van der Waals surface area contributed by atoms with Crippen LogP contribution in [0.2, 0.25) is 0 Å². The average molecular weight is 221 g/mol. The van der Waals surface area contributed by atoms with Crippen molar-refractivity contribution in [2.45, 2.75) is 64.6 Å². The number of hydrogen-bond acceptors (Lipinski definition) is 2. The van der Waals surface area contributed by atoms with Gasteiger partial charge in [-0.2, -0.15) is 5.10 Å². The first-order valence-corrected chi connectivity index (χ1v) is 6.33. The van der Waals surface area contributed by atoms with Crippen LogP contribution in [0.3, 0.4) is 0 Å². The minimum absolute atomic E-state index is 0.176. The number of nitrogens with one attached hydrogen (secondary N) is 1. The van der Waals surface area contributed by atoms with E-state index in [4.69, 9.17) is 0 Å². The Morgan fingerprint density at radius 3 is 2.69 bits per heavy atom. The predicted molar refractivity (Wildman–Crippen MR) is 66.3 cm³/mol. The Bertz CT molecular complexity index is 329. The molecule has 1 fully saturated rings. The molecule has 0 bridgehead atoms. The summed E-state index contributed by atoms with van der Waals surface area (Å²) in [5.41, 5.74) is 1.47. The van der Waals surface area contributed by atoms with Gasteiger partial charge in [-0.15, -0.1) is 0 Å². The average Bonchev–Trinajstić information content (AvgIpc) is 2.84. The van der Waals surface area contributed by atoms with E-state index in [9.17, 15) is 0 Å². The van der Waals surface area contributed by atoms with E-state index >= 15 is 0 Å². The van der Waals surface area contributed by atoms with Gasteiger partial charge in [0.2, 0.25) is 0 Å². The largest absolute Gasteiger partial charge is 0.308 e. The summed E-state index contributed by atoms with van der Waals surface area (Å²) in [4.78, 5) is 0. The summed E-state index contributed by atoms with van der Waals surface area (Å²) in [6, 6.07) is 0.656. The molecular weight excluding hydrogens is 198 g/mol. The van der Waals surface area contributed by atoms with Crippen LogP contribution in [0.25, 0.3) is 0 Å². The fraction of sp³-hybridized carbons (Fsp3) is 0.769. The first-order valence-electron chi connectivity index (χ1n) is 6.33. The van der Waals surface area contributed by atoms with E-state index in [0.29, 0.717) is 6.04 Å². The van der Waals surface area contributed by atoms with E-state index in [-0.39, 0.29) is 5.54 Å². The Morgan fingerprint density at radius 1 is 1.38 bits per heavy atom. The Hall–Kier alpha value is -0.830. The van der Waals surface area contributed by atoms with Gasteiger partial charge < -0.3 is 5.32 Å². The molecule has 0 aliphatic heterocycles. The van der Waals surface area contributed by atoms with Crippen molar-refractivity contribution in [3.8, 4) is 0 Å². The first kappa shape index (κ1) is 11.6. The molecule has 0 unspecified atom stereocenters. The van der Waals surface area contributed by atoms with E-state index in [1.807, 2.05) is 6.20 Å². The third kappa shape index (κ3) is 3.08. The molecule has 3 nitrogen and oxygen atoms in total. The summed E-state index contributed by atoms with van der Waals surface area (Å²) in [6.07, 6.45) is 9.52. The van der Waals surface area contributed by atoms with Crippen molar-refractivity contribution in [2.24, 2.45) is 0 Å². The zero-order valence-corrected chi connectivity index (χ0v) is 10.7. The molecule has 2 rings (SSSR count). The highest BCUT2D eigenvalue weighted by molar-refractivity contribution is 5.05. The molecule has 0 spiro atoms. The van der Waals surface area contributed by atoms with E-state index in [1.165, 1.54) is 31.2 Å². The van der Waals surface area contributed by atoms with Crippen molar-refractivity contribution in [2.75, 3.05) is 0 Å². The fourth-order valence-corrected chi connectivity index (χ4v) is 2.20. The van der Waals surface area contributed by atoms with Crippen molar-refractivity contribution < 1.29 is 0 Å². The van der Waals surface area contributed by atoms with Crippen LogP contribution in [0.4, 0.5) is 0 Å². The van der Waals surface area contributed by atoms with Gasteiger partial charge in [-0.25, -0.2) is 0 Å². The van der Waals surface area contributed by atoms with Gasteiger partial charge in [0.1, 0.15) is 0 Å². The Labute approximate surface area is 98.2 Å². The molecule has 1 aromatic rings. The normalized spacial score (nSPS) is 18.2. The van der Waals surface area contributed by atoms with E-state index in [1.54, 1.807) is 0 Å². The molecule has 0 amide bonds. The predicted octanol–water partition coefficient (Wildman–Crippen LogP) is 2.89. The van der Waals surface area contributed by atoms with Crippen molar-refractivity contribution in [3.63, 3.8) is 0 Å². The van der Waals surface area contributed by atoms with Crippen molar-refractivity contribution >= 4 is 0 Å². The molecule has 0 saturated heterocycles. The van der Waals surface area contributed by atoms with Gasteiger partial charge in [0, 0.05) is 23.8 Å². The lowest BCUT2D eigenvalue weighted by Gasteiger charge is -2.19. The van der Waals surface area contributed by atoms with E-state index in [0.717, 1.165) is 6.54 Å². The summed E-state index contributed by atoms with van der Waals surface area (Å²) in [5.74, 6) is 0. The third-order valence-corrected chi connectivity index (χ3v) is 3.18. The first-order chi connectivity index (χ1) is 7.54.